The van der Waals surface area contributed by atoms with Crippen LogP contribution in [0.15, 0.2) is 30.3 Å². The molecule has 0 bridgehead atoms. The van der Waals surface area contributed by atoms with E-state index in [1.54, 1.807) is 0 Å². The van der Waals surface area contributed by atoms with Gasteiger partial charge in [-0.15, -0.1) is 0 Å². The zero-order valence-electron chi connectivity index (χ0n) is 5.59. The van der Waals surface area contributed by atoms with Crippen molar-refractivity contribution in [2.45, 2.75) is 0 Å². The molecule has 0 heterocycles. The molecule has 0 fully saturated rings. The first-order chi connectivity index (χ1) is 4.93. The highest BCUT2D eigenvalue weighted by molar-refractivity contribution is 5.33. The third-order valence-corrected chi connectivity index (χ3v) is 1.09. The molecule has 0 atom stereocenters. The van der Waals surface area contributed by atoms with Crippen LogP contribution in [-0.2, 0) is 0 Å². The van der Waals surface area contributed by atoms with Gasteiger partial charge < -0.3 is 0 Å². The number of nitrogens with one attached hydrogen (secondary N) is 1. The normalized spacial score (nSPS) is 8.10. The van der Waals surface area contributed by atoms with Crippen LogP contribution in [0.5, 0.6) is 0 Å². The molecule has 1 aromatic rings. The standard InChI is InChI=1S/C9H8N/c10-8-4-7-9-5-2-1-3-6-9/h1-3,5-6,10H,8H2. The SMILES string of the molecule is [NH]CC#Cc1ccccc1. The molecule has 0 spiro atoms. The largest absolute Gasteiger partial charge is 0.245 e. The summed E-state index contributed by atoms with van der Waals surface area (Å²) in [5.74, 6) is 5.54. The summed E-state index contributed by atoms with van der Waals surface area (Å²) in [4.78, 5) is 0. The van der Waals surface area contributed by atoms with Crippen LogP contribution < -0.4 is 5.73 Å². The molecule has 1 radical (unpaired) electrons. The van der Waals surface area contributed by atoms with Gasteiger partial charge in [0.15, 0.2) is 0 Å². The van der Waals surface area contributed by atoms with Crippen LogP contribution in [0.3, 0.4) is 0 Å². The van der Waals surface area contributed by atoms with Crippen LogP contribution >= 0.6 is 0 Å². The molecular formula is C9H8N. The Labute approximate surface area is 60.9 Å². The van der Waals surface area contributed by atoms with Crippen LogP contribution in [0.2, 0.25) is 0 Å². The summed E-state index contributed by atoms with van der Waals surface area (Å²) in [6, 6.07) is 9.69. The molecule has 49 valence electrons. The Balaban J connectivity index is 2.76. The lowest BCUT2D eigenvalue weighted by atomic mass is 10.2. The number of rotatable bonds is 0. The minimum Gasteiger partial charge on any atom is -0.245 e. The molecule has 1 aromatic carbocycles. The van der Waals surface area contributed by atoms with E-state index in [2.05, 4.69) is 11.8 Å². The van der Waals surface area contributed by atoms with E-state index in [4.69, 9.17) is 5.73 Å². The second-order valence-electron chi connectivity index (χ2n) is 1.84. The maximum atomic E-state index is 6.78. The summed E-state index contributed by atoms with van der Waals surface area (Å²) < 4.78 is 0. The van der Waals surface area contributed by atoms with Gasteiger partial charge in [0.05, 0.1) is 6.54 Å². The molecule has 0 amide bonds. The van der Waals surface area contributed by atoms with Crippen molar-refractivity contribution < 1.29 is 0 Å². The lowest BCUT2D eigenvalue weighted by Gasteiger charge is -1.84. The van der Waals surface area contributed by atoms with E-state index in [1.165, 1.54) is 0 Å². The maximum Gasteiger partial charge on any atom is 0.0716 e. The van der Waals surface area contributed by atoms with Gasteiger partial charge in [0.2, 0.25) is 0 Å². The second-order valence-corrected chi connectivity index (χ2v) is 1.84. The van der Waals surface area contributed by atoms with Crippen molar-refractivity contribution in [3.8, 4) is 11.8 Å². The quantitative estimate of drug-likeness (QED) is 0.473. The van der Waals surface area contributed by atoms with Gasteiger partial charge in [0, 0.05) is 5.56 Å². The molecule has 0 unspecified atom stereocenters. The fraction of sp³-hybridized carbons (Fsp3) is 0.111. The first kappa shape index (κ1) is 6.85. The molecule has 1 N–H and O–H groups in total. The van der Waals surface area contributed by atoms with Crippen molar-refractivity contribution in [2.24, 2.45) is 0 Å². The molecular weight excluding hydrogens is 122 g/mol. The Bertz CT molecular complexity index is 240. The Morgan fingerprint density at radius 3 is 2.50 bits per heavy atom. The van der Waals surface area contributed by atoms with Gasteiger partial charge in [0.25, 0.3) is 0 Å². The Morgan fingerprint density at radius 1 is 1.20 bits per heavy atom. The highest BCUT2D eigenvalue weighted by Crippen LogP contribution is 1.93. The molecule has 0 aromatic heterocycles. The van der Waals surface area contributed by atoms with E-state index < -0.39 is 0 Å². The van der Waals surface area contributed by atoms with Gasteiger partial charge in [-0.2, -0.15) is 0 Å². The zero-order chi connectivity index (χ0) is 7.23. The smallest absolute Gasteiger partial charge is 0.0716 e. The third-order valence-electron chi connectivity index (χ3n) is 1.09. The van der Waals surface area contributed by atoms with Gasteiger partial charge in [-0.05, 0) is 12.1 Å². The van der Waals surface area contributed by atoms with Crippen molar-refractivity contribution in [1.82, 2.24) is 5.73 Å². The minimum atomic E-state index is 0.175. The average molecular weight is 130 g/mol. The number of hydrogen-bond acceptors (Lipinski definition) is 0. The number of benzene rings is 1. The zero-order valence-corrected chi connectivity index (χ0v) is 5.59. The van der Waals surface area contributed by atoms with Crippen LogP contribution in [0.1, 0.15) is 5.56 Å². The fourth-order valence-corrected chi connectivity index (χ4v) is 0.668. The van der Waals surface area contributed by atoms with Crippen molar-refractivity contribution >= 4 is 0 Å². The Morgan fingerprint density at radius 2 is 1.90 bits per heavy atom. The summed E-state index contributed by atoms with van der Waals surface area (Å²) in [5, 5.41) is 0. The Hall–Kier alpha value is -1.26. The predicted octanol–water partition coefficient (Wildman–Crippen LogP) is 1.32. The summed E-state index contributed by atoms with van der Waals surface area (Å²) in [5.41, 5.74) is 7.76. The molecule has 1 rings (SSSR count). The van der Waals surface area contributed by atoms with E-state index in [9.17, 15) is 0 Å². The monoisotopic (exact) mass is 130 g/mol. The lowest BCUT2D eigenvalue weighted by molar-refractivity contribution is 1.24. The van der Waals surface area contributed by atoms with E-state index in [-0.39, 0.29) is 6.54 Å². The van der Waals surface area contributed by atoms with Crippen molar-refractivity contribution in [3.63, 3.8) is 0 Å². The Kier molecular flexibility index (Phi) is 2.54. The fourth-order valence-electron chi connectivity index (χ4n) is 0.668. The maximum absolute atomic E-state index is 6.78. The molecule has 0 aliphatic rings. The summed E-state index contributed by atoms with van der Waals surface area (Å²) >= 11 is 0. The molecule has 0 saturated carbocycles. The summed E-state index contributed by atoms with van der Waals surface area (Å²) in [6.45, 7) is 0.175. The van der Waals surface area contributed by atoms with E-state index in [1.807, 2.05) is 30.3 Å². The summed E-state index contributed by atoms with van der Waals surface area (Å²) in [6.07, 6.45) is 0. The first-order valence-corrected chi connectivity index (χ1v) is 3.12. The topological polar surface area (TPSA) is 23.8 Å². The molecule has 1 heteroatoms. The summed E-state index contributed by atoms with van der Waals surface area (Å²) in [7, 11) is 0. The molecule has 0 saturated heterocycles. The second kappa shape index (κ2) is 3.71. The van der Waals surface area contributed by atoms with Crippen molar-refractivity contribution in [3.05, 3.63) is 35.9 Å². The highest BCUT2D eigenvalue weighted by atomic mass is 14.5. The predicted molar refractivity (Wildman–Crippen MR) is 41.3 cm³/mol. The van der Waals surface area contributed by atoms with Crippen molar-refractivity contribution in [2.75, 3.05) is 6.54 Å². The van der Waals surface area contributed by atoms with E-state index in [0.29, 0.717) is 0 Å². The van der Waals surface area contributed by atoms with Gasteiger partial charge in [-0.3, -0.25) is 0 Å². The van der Waals surface area contributed by atoms with Gasteiger partial charge in [0.1, 0.15) is 0 Å². The average Bonchev–Trinajstić information content (AvgIpc) is 2.03. The molecule has 0 aliphatic carbocycles. The van der Waals surface area contributed by atoms with Crippen LogP contribution in [0, 0.1) is 11.8 Å². The van der Waals surface area contributed by atoms with Crippen LogP contribution in [0.4, 0.5) is 0 Å². The first-order valence-electron chi connectivity index (χ1n) is 3.12. The van der Waals surface area contributed by atoms with Gasteiger partial charge in [-0.1, -0.05) is 30.0 Å². The van der Waals surface area contributed by atoms with Crippen LogP contribution in [-0.4, -0.2) is 6.54 Å². The number of hydrogen-bond donors (Lipinski definition) is 0. The van der Waals surface area contributed by atoms with Gasteiger partial charge in [-0.25, -0.2) is 5.73 Å². The van der Waals surface area contributed by atoms with Crippen LogP contribution in [0.25, 0.3) is 0 Å². The van der Waals surface area contributed by atoms with Crippen molar-refractivity contribution in [1.29, 1.82) is 0 Å². The molecule has 1 nitrogen and oxygen atoms in total. The van der Waals surface area contributed by atoms with E-state index in [0.717, 1.165) is 5.56 Å². The third kappa shape index (κ3) is 1.93. The highest BCUT2D eigenvalue weighted by Gasteiger charge is 1.78. The van der Waals surface area contributed by atoms with Gasteiger partial charge >= 0.3 is 0 Å². The molecule has 0 aliphatic heterocycles. The lowest BCUT2D eigenvalue weighted by Crippen LogP contribution is -1.76. The van der Waals surface area contributed by atoms with E-state index >= 15 is 0 Å². The minimum absolute atomic E-state index is 0.175. The molecule has 10 heavy (non-hydrogen) atoms.